The lowest BCUT2D eigenvalue weighted by Crippen LogP contribution is -2.10. The van der Waals surface area contributed by atoms with Gasteiger partial charge in [-0.15, -0.1) is 11.6 Å². The van der Waals surface area contributed by atoms with Crippen LogP contribution in [-0.2, 0) is 0 Å². The molecule has 1 nitrogen and oxygen atoms in total. The molecule has 0 bridgehead atoms. The van der Waals surface area contributed by atoms with E-state index in [1.165, 1.54) is 12.1 Å². The first-order valence-corrected chi connectivity index (χ1v) is 6.08. The van der Waals surface area contributed by atoms with Gasteiger partial charge in [0.1, 0.15) is 11.6 Å². The first kappa shape index (κ1) is 13.1. The Balaban J connectivity index is 2.73. The summed E-state index contributed by atoms with van der Waals surface area (Å²) in [6.07, 6.45) is 0. The molecule has 0 heterocycles. The smallest absolute Gasteiger partial charge is 0.145 e. The van der Waals surface area contributed by atoms with Crippen LogP contribution in [-0.4, -0.2) is 12.5 Å². The van der Waals surface area contributed by atoms with Crippen molar-refractivity contribution >= 4 is 39.1 Å². The van der Waals surface area contributed by atoms with Crippen LogP contribution in [0.1, 0.15) is 6.92 Å². The largest absolute Gasteiger partial charge is 0.492 e. The van der Waals surface area contributed by atoms with E-state index in [2.05, 4.69) is 15.9 Å². The highest BCUT2D eigenvalue weighted by atomic mass is 79.9. The molecule has 15 heavy (non-hydrogen) atoms. The maximum absolute atomic E-state index is 13.1. The molecule has 0 aromatic heterocycles. The van der Waals surface area contributed by atoms with Gasteiger partial charge in [0.25, 0.3) is 0 Å². The average molecular weight is 316 g/mol. The minimum Gasteiger partial charge on any atom is -0.492 e. The highest BCUT2D eigenvalue weighted by Gasteiger charge is 2.09. The molecule has 1 rings (SSSR count). The number of alkyl halides is 1. The molecule has 0 saturated carbocycles. The van der Waals surface area contributed by atoms with E-state index in [0.717, 1.165) is 0 Å². The van der Waals surface area contributed by atoms with Crippen molar-refractivity contribution in [3.8, 4) is 5.75 Å². The maximum Gasteiger partial charge on any atom is 0.145 e. The molecule has 0 aliphatic heterocycles. The van der Waals surface area contributed by atoms with Gasteiger partial charge in [0.2, 0.25) is 0 Å². The molecule has 0 spiro atoms. The first-order chi connectivity index (χ1) is 7.04. The van der Waals surface area contributed by atoms with Crippen molar-refractivity contribution < 1.29 is 9.13 Å². The van der Waals surface area contributed by atoms with E-state index < -0.39 is 5.82 Å². The Morgan fingerprint density at radius 3 is 2.80 bits per heavy atom. The van der Waals surface area contributed by atoms with Crippen molar-refractivity contribution in [2.45, 2.75) is 6.92 Å². The number of ether oxygens (including phenoxy) is 1. The predicted octanol–water partition coefficient (Wildman–Crippen LogP) is 4.50. The first-order valence-electron chi connectivity index (χ1n) is 4.38. The van der Waals surface area contributed by atoms with E-state index in [1.54, 1.807) is 0 Å². The van der Waals surface area contributed by atoms with Crippen molar-refractivity contribution in [1.82, 2.24) is 0 Å². The highest BCUT2D eigenvalue weighted by Crippen LogP contribution is 2.30. The van der Waals surface area contributed by atoms with Gasteiger partial charge in [-0.3, -0.25) is 0 Å². The van der Waals surface area contributed by atoms with Gasteiger partial charge in [-0.05, 0) is 22.0 Å². The third-order valence-electron chi connectivity index (χ3n) is 1.76. The van der Waals surface area contributed by atoms with Crippen LogP contribution in [0.15, 0.2) is 16.6 Å². The van der Waals surface area contributed by atoms with Gasteiger partial charge < -0.3 is 4.74 Å². The van der Waals surface area contributed by atoms with Gasteiger partial charge >= 0.3 is 0 Å². The second kappa shape index (κ2) is 5.92. The van der Waals surface area contributed by atoms with E-state index in [0.29, 0.717) is 22.7 Å². The Labute approximate surface area is 107 Å². The van der Waals surface area contributed by atoms with Crippen molar-refractivity contribution in [2.75, 3.05) is 12.5 Å². The summed E-state index contributed by atoms with van der Waals surface area (Å²) in [7, 11) is 0. The zero-order valence-corrected chi connectivity index (χ0v) is 11.2. The zero-order valence-electron chi connectivity index (χ0n) is 8.07. The summed E-state index contributed by atoms with van der Waals surface area (Å²) in [6.45, 7) is 2.40. The third kappa shape index (κ3) is 3.82. The van der Waals surface area contributed by atoms with E-state index in [9.17, 15) is 4.39 Å². The van der Waals surface area contributed by atoms with Gasteiger partial charge in [0.05, 0.1) is 16.1 Å². The minimum atomic E-state index is -0.492. The van der Waals surface area contributed by atoms with E-state index in [1.807, 2.05) is 6.92 Å². The Hall–Kier alpha value is 0.01000. The molecule has 1 atom stereocenters. The average Bonchev–Trinajstić information content (AvgIpc) is 2.21. The molecule has 0 N–H and O–H groups in total. The Kier molecular flexibility index (Phi) is 5.16. The lowest BCUT2D eigenvalue weighted by molar-refractivity contribution is 0.270. The van der Waals surface area contributed by atoms with E-state index in [4.69, 9.17) is 27.9 Å². The summed E-state index contributed by atoms with van der Waals surface area (Å²) >= 11 is 14.5. The summed E-state index contributed by atoms with van der Waals surface area (Å²) in [5.41, 5.74) is 0. The molecular formula is C10H10BrCl2FO. The van der Waals surface area contributed by atoms with Gasteiger partial charge in [-0.1, -0.05) is 18.5 Å². The lowest BCUT2D eigenvalue weighted by atomic mass is 10.2. The van der Waals surface area contributed by atoms with E-state index in [-0.39, 0.29) is 10.9 Å². The van der Waals surface area contributed by atoms with Gasteiger partial charge in [0.15, 0.2) is 0 Å². The van der Waals surface area contributed by atoms with E-state index >= 15 is 0 Å². The Morgan fingerprint density at radius 2 is 2.20 bits per heavy atom. The van der Waals surface area contributed by atoms with Crippen molar-refractivity contribution in [1.29, 1.82) is 0 Å². The van der Waals surface area contributed by atoms with Crippen LogP contribution < -0.4 is 4.74 Å². The van der Waals surface area contributed by atoms with Gasteiger partial charge in [-0.25, -0.2) is 4.39 Å². The number of hydrogen-bond donors (Lipinski definition) is 0. The van der Waals surface area contributed by atoms with Crippen LogP contribution in [0.25, 0.3) is 0 Å². The fourth-order valence-corrected chi connectivity index (χ4v) is 1.73. The predicted molar refractivity (Wildman–Crippen MR) is 64.5 cm³/mol. The number of hydrogen-bond acceptors (Lipinski definition) is 1. The monoisotopic (exact) mass is 314 g/mol. The molecule has 0 aliphatic rings. The molecule has 0 amide bonds. The van der Waals surface area contributed by atoms with Crippen LogP contribution in [0, 0.1) is 11.7 Å². The molecule has 0 aliphatic carbocycles. The fourth-order valence-electron chi connectivity index (χ4n) is 0.892. The molecule has 1 aromatic carbocycles. The van der Waals surface area contributed by atoms with Crippen LogP contribution in [0.2, 0.25) is 5.02 Å². The number of halogens is 4. The van der Waals surface area contributed by atoms with Crippen LogP contribution in [0.4, 0.5) is 4.39 Å². The molecular weight excluding hydrogens is 306 g/mol. The number of benzene rings is 1. The topological polar surface area (TPSA) is 9.23 Å². The highest BCUT2D eigenvalue weighted by molar-refractivity contribution is 9.10. The van der Waals surface area contributed by atoms with Crippen LogP contribution in [0.3, 0.4) is 0 Å². The zero-order chi connectivity index (χ0) is 11.4. The summed E-state index contributed by atoms with van der Waals surface area (Å²) < 4.78 is 19.1. The molecule has 1 unspecified atom stereocenters. The molecule has 5 heteroatoms. The Morgan fingerprint density at radius 1 is 1.53 bits per heavy atom. The number of rotatable bonds is 4. The molecule has 0 fully saturated rings. The molecule has 0 saturated heterocycles. The normalized spacial score (nSPS) is 12.6. The third-order valence-corrected chi connectivity index (χ3v) is 3.20. The summed E-state index contributed by atoms with van der Waals surface area (Å²) in [6, 6.07) is 2.73. The second-order valence-corrected chi connectivity index (χ2v) is 4.84. The van der Waals surface area contributed by atoms with Crippen molar-refractivity contribution in [3.63, 3.8) is 0 Å². The van der Waals surface area contributed by atoms with Crippen LogP contribution in [0.5, 0.6) is 5.75 Å². The fraction of sp³-hybridized carbons (Fsp3) is 0.400. The second-order valence-electron chi connectivity index (χ2n) is 3.27. The molecule has 0 radical (unpaired) electrons. The summed E-state index contributed by atoms with van der Waals surface area (Å²) in [5.74, 6) is 0.674. The SMILES string of the molecule is CC(CCl)COc1cc(F)c(Cl)cc1Br. The van der Waals surface area contributed by atoms with Gasteiger partial charge in [-0.2, -0.15) is 0 Å². The minimum absolute atomic E-state index is 0.0691. The lowest BCUT2D eigenvalue weighted by Gasteiger charge is -2.12. The van der Waals surface area contributed by atoms with Crippen molar-refractivity contribution in [3.05, 3.63) is 27.4 Å². The molecule has 84 valence electrons. The van der Waals surface area contributed by atoms with Gasteiger partial charge in [0, 0.05) is 17.9 Å². The van der Waals surface area contributed by atoms with Crippen LogP contribution >= 0.6 is 39.1 Å². The standard InChI is InChI=1S/C10H10BrCl2FO/c1-6(4-12)5-15-10-3-9(14)8(13)2-7(10)11/h2-3,6H,4-5H2,1H3. The summed E-state index contributed by atoms with van der Waals surface area (Å²) in [4.78, 5) is 0. The van der Waals surface area contributed by atoms with Crippen molar-refractivity contribution in [2.24, 2.45) is 5.92 Å². The quantitative estimate of drug-likeness (QED) is 0.587. The maximum atomic E-state index is 13.1. The Bertz CT molecular complexity index is 346. The molecule has 1 aromatic rings. The summed E-state index contributed by atoms with van der Waals surface area (Å²) in [5, 5.41) is 0.0691.